The van der Waals surface area contributed by atoms with Gasteiger partial charge in [0.1, 0.15) is 0 Å². The van der Waals surface area contributed by atoms with Gasteiger partial charge in [0.05, 0.1) is 29.5 Å². The smallest absolute Gasteiger partial charge is 0.367 e. The Morgan fingerprint density at radius 3 is 2.75 bits per heavy atom. The van der Waals surface area contributed by atoms with Gasteiger partial charge in [0.15, 0.2) is 11.5 Å². The lowest BCUT2D eigenvalue weighted by Crippen LogP contribution is -2.02. The Hall–Kier alpha value is -1.82. The maximum absolute atomic E-state index is 11.5. The lowest BCUT2D eigenvalue weighted by atomic mass is 10.1. The number of benzene rings is 1. The number of oxime groups is 1. The van der Waals surface area contributed by atoms with E-state index >= 15 is 0 Å². The molecule has 5 nitrogen and oxygen atoms in total. The number of carbonyl (C=O) groups excluding carboxylic acids is 1. The van der Waals surface area contributed by atoms with E-state index in [4.69, 9.17) is 9.47 Å². The first-order valence-corrected chi connectivity index (χ1v) is 6.84. The third kappa shape index (κ3) is 2.85. The van der Waals surface area contributed by atoms with E-state index in [1.807, 2.05) is 13.0 Å². The normalized spacial score (nSPS) is 16.1. The van der Waals surface area contributed by atoms with Crippen molar-refractivity contribution in [2.45, 2.75) is 13.8 Å². The molecule has 0 saturated heterocycles. The van der Waals surface area contributed by atoms with Crippen molar-refractivity contribution in [1.29, 1.82) is 0 Å². The van der Waals surface area contributed by atoms with Gasteiger partial charge in [-0.15, -0.1) is 0 Å². The van der Waals surface area contributed by atoms with E-state index in [9.17, 15) is 4.79 Å². The predicted octanol–water partition coefficient (Wildman–Crippen LogP) is 3.17. The van der Waals surface area contributed by atoms with Crippen LogP contribution in [0.25, 0.3) is 6.08 Å². The Bertz CT molecular complexity index is 607. The number of rotatable bonds is 4. The second-order valence-corrected chi connectivity index (χ2v) is 4.93. The lowest BCUT2D eigenvalue weighted by Gasteiger charge is -2.12. The lowest BCUT2D eigenvalue weighted by molar-refractivity contribution is -0.136. The van der Waals surface area contributed by atoms with Gasteiger partial charge in [0.25, 0.3) is 0 Å². The molecule has 1 heterocycles. The van der Waals surface area contributed by atoms with Crippen LogP contribution in [0, 0.1) is 0 Å². The summed E-state index contributed by atoms with van der Waals surface area (Å²) in [6.45, 7) is 4.13. The molecular formula is C14H14BrNO4. The van der Waals surface area contributed by atoms with Crippen molar-refractivity contribution in [3.63, 3.8) is 0 Å². The van der Waals surface area contributed by atoms with Crippen LogP contribution in [-0.2, 0) is 9.63 Å². The molecule has 20 heavy (non-hydrogen) atoms. The van der Waals surface area contributed by atoms with E-state index in [0.29, 0.717) is 29.4 Å². The predicted molar refractivity (Wildman–Crippen MR) is 79.0 cm³/mol. The van der Waals surface area contributed by atoms with Crippen LogP contribution in [0.2, 0.25) is 0 Å². The van der Waals surface area contributed by atoms with Crippen molar-refractivity contribution in [3.8, 4) is 11.5 Å². The van der Waals surface area contributed by atoms with Gasteiger partial charge in [-0.2, -0.15) is 0 Å². The fourth-order valence-electron chi connectivity index (χ4n) is 1.82. The van der Waals surface area contributed by atoms with Crippen LogP contribution in [0.5, 0.6) is 11.5 Å². The minimum absolute atomic E-state index is 0.435. The Morgan fingerprint density at radius 1 is 1.45 bits per heavy atom. The molecule has 0 bridgehead atoms. The Kier molecular flexibility index (Phi) is 4.44. The molecule has 1 aromatic carbocycles. The molecule has 1 aliphatic rings. The highest BCUT2D eigenvalue weighted by molar-refractivity contribution is 9.10. The monoisotopic (exact) mass is 339 g/mol. The molecule has 0 saturated carbocycles. The van der Waals surface area contributed by atoms with E-state index in [1.165, 1.54) is 0 Å². The molecule has 6 heteroatoms. The highest BCUT2D eigenvalue weighted by Gasteiger charge is 2.22. The van der Waals surface area contributed by atoms with E-state index < -0.39 is 5.97 Å². The Labute approximate surface area is 125 Å². The third-order valence-electron chi connectivity index (χ3n) is 2.72. The summed E-state index contributed by atoms with van der Waals surface area (Å²) in [4.78, 5) is 16.2. The number of nitrogens with zero attached hydrogens (tertiary/aromatic N) is 1. The van der Waals surface area contributed by atoms with Gasteiger partial charge >= 0.3 is 5.97 Å². The number of methoxy groups -OCH3 is 1. The van der Waals surface area contributed by atoms with E-state index in [2.05, 4.69) is 25.9 Å². The van der Waals surface area contributed by atoms with Crippen LogP contribution >= 0.6 is 15.9 Å². The minimum atomic E-state index is -0.451. The van der Waals surface area contributed by atoms with Crippen molar-refractivity contribution in [2.24, 2.45) is 5.16 Å². The first-order chi connectivity index (χ1) is 9.56. The first kappa shape index (κ1) is 14.6. The summed E-state index contributed by atoms with van der Waals surface area (Å²) in [6.07, 6.45) is 1.71. The second kappa shape index (κ2) is 6.09. The van der Waals surface area contributed by atoms with Gasteiger partial charge < -0.3 is 14.3 Å². The largest absolute Gasteiger partial charge is 0.492 e. The van der Waals surface area contributed by atoms with Crippen LogP contribution in [0.4, 0.5) is 0 Å². The molecule has 0 radical (unpaired) electrons. The highest BCUT2D eigenvalue weighted by Crippen LogP contribution is 2.37. The van der Waals surface area contributed by atoms with Crippen molar-refractivity contribution in [3.05, 3.63) is 27.7 Å². The summed E-state index contributed by atoms with van der Waals surface area (Å²) in [5.74, 6) is 0.776. The summed E-state index contributed by atoms with van der Waals surface area (Å²) in [6, 6.07) is 3.65. The number of ether oxygens (including phenoxy) is 2. The zero-order valence-corrected chi connectivity index (χ0v) is 13.0. The van der Waals surface area contributed by atoms with Gasteiger partial charge in [-0.1, -0.05) is 5.16 Å². The zero-order chi connectivity index (χ0) is 14.7. The van der Waals surface area contributed by atoms with E-state index in [-0.39, 0.29) is 0 Å². The summed E-state index contributed by atoms with van der Waals surface area (Å²) in [5, 5.41) is 3.64. The van der Waals surface area contributed by atoms with Crippen molar-refractivity contribution in [1.82, 2.24) is 0 Å². The molecule has 1 aliphatic heterocycles. The maximum Gasteiger partial charge on any atom is 0.367 e. The topological polar surface area (TPSA) is 57.1 Å². The quantitative estimate of drug-likeness (QED) is 0.624. The van der Waals surface area contributed by atoms with Crippen LogP contribution in [0.3, 0.4) is 0 Å². The Balaban J connectivity index is 2.45. The molecule has 0 spiro atoms. The molecule has 0 aliphatic carbocycles. The molecule has 0 N–H and O–H groups in total. The van der Waals surface area contributed by atoms with Crippen molar-refractivity contribution < 1.29 is 19.1 Å². The summed E-state index contributed by atoms with van der Waals surface area (Å²) >= 11 is 3.43. The highest BCUT2D eigenvalue weighted by atomic mass is 79.9. The summed E-state index contributed by atoms with van der Waals surface area (Å²) in [7, 11) is 1.58. The third-order valence-corrected chi connectivity index (χ3v) is 3.31. The molecule has 1 aromatic rings. The van der Waals surface area contributed by atoms with Crippen LogP contribution in [0.15, 0.2) is 27.3 Å². The fourth-order valence-corrected chi connectivity index (χ4v) is 2.44. The zero-order valence-electron chi connectivity index (χ0n) is 11.4. The van der Waals surface area contributed by atoms with Gasteiger partial charge in [-0.05, 0) is 53.5 Å². The average Bonchev–Trinajstić information content (AvgIpc) is 2.71. The van der Waals surface area contributed by atoms with Crippen molar-refractivity contribution in [2.75, 3.05) is 13.7 Å². The van der Waals surface area contributed by atoms with Gasteiger partial charge in [-0.25, -0.2) is 4.79 Å². The number of hydrogen-bond acceptors (Lipinski definition) is 5. The Morgan fingerprint density at radius 2 is 2.20 bits per heavy atom. The molecular weight excluding hydrogens is 326 g/mol. The maximum atomic E-state index is 11.5. The average molecular weight is 340 g/mol. The minimum Gasteiger partial charge on any atom is -0.492 e. The number of halogens is 1. The van der Waals surface area contributed by atoms with Crippen LogP contribution in [0.1, 0.15) is 19.4 Å². The molecule has 0 atom stereocenters. The van der Waals surface area contributed by atoms with Gasteiger partial charge in [-0.3, -0.25) is 0 Å². The fraction of sp³-hybridized carbons (Fsp3) is 0.286. The number of carbonyl (C=O) groups is 1. The molecule has 106 valence electrons. The van der Waals surface area contributed by atoms with Gasteiger partial charge in [0, 0.05) is 0 Å². The van der Waals surface area contributed by atoms with Crippen LogP contribution < -0.4 is 9.47 Å². The second-order valence-electron chi connectivity index (χ2n) is 4.08. The van der Waals surface area contributed by atoms with Gasteiger partial charge in [0.2, 0.25) is 0 Å². The SMILES string of the molecule is CCOc1cc(/C=C2/C(=O)ON=C2C)cc(Br)c1OC. The molecule has 0 aromatic heterocycles. The molecule has 0 unspecified atom stereocenters. The number of hydrogen-bond donors (Lipinski definition) is 0. The van der Waals surface area contributed by atoms with Crippen LogP contribution in [-0.4, -0.2) is 25.4 Å². The summed E-state index contributed by atoms with van der Waals surface area (Å²) < 4.78 is 11.6. The molecule has 0 amide bonds. The van der Waals surface area contributed by atoms with E-state index in [1.54, 1.807) is 26.2 Å². The summed E-state index contributed by atoms with van der Waals surface area (Å²) in [5.41, 5.74) is 1.79. The first-order valence-electron chi connectivity index (χ1n) is 6.05. The molecule has 0 fully saturated rings. The molecule has 2 rings (SSSR count). The standard InChI is InChI=1S/C14H14BrNO4/c1-4-19-12-7-9(6-11(15)13(12)18-3)5-10-8(2)16-20-14(10)17/h5-7H,4H2,1-3H3/b10-5+. The van der Waals surface area contributed by atoms with E-state index in [0.717, 1.165) is 10.0 Å². The van der Waals surface area contributed by atoms with Crippen molar-refractivity contribution >= 4 is 33.7 Å².